The van der Waals surface area contributed by atoms with E-state index in [0.29, 0.717) is 17.5 Å². The summed E-state index contributed by atoms with van der Waals surface area (Å²) in [5, 5.41) is 9.81. The molecule has 0 aliphatic carbocycles. The van der Waals surface area contributed by atoms with E-state index < -0.39 is 0 Å². The molecule has 2 heterocycles. The lowest BCUT2D eigenvalue weighted by Crippen LogP contribution is -2.01. The van der Waals surface area contributed by atoms with Crippen molar-refractivity contribution in [2.75, 3.05) is 0 Å². The van der Waals surface area contributed by atoms with Gasteiger partial charge in [-0.25, -0.2) is 15.0 Å². The lowest BCUT2D eigenvalue weighted by Gasteiger charge is -2.15. The lowest BCUT2D eigenvalue weighted by molar-refractivity contribution is 1.07. The second-order valence-corrected chi connectivity index (χ2v) is 15.6. The van der Waals surface area contributed by atoms with Crippen molar-refractivity contribution in [1.29, 1.82) is 0 Å². The fourth-order valence-corrected chi connectivity index (χ4v) is 9.11. The molecule has 0 spiro atoms. The number of benzene rings is 10. The average molecular weight is 777 g/mol. The zero-order chi connectivity index (χ0) is 40.3. The molecule has 2 aromatic heterocycles. The number of hydrogen-bond acceptors (Lipinski definition) is 3. The number of aromatic nitrogens is 4. The van der Waals surface area contributed by atoms with Crippen LogP contribution in [0.4, 0.5) is 0 Å². The molecule has 61 heavy (non-hydrogen) atoms. The van der Waals surface area contributed by atoms with E-state index in [-0.39, 0.29) is 0 Å². The van der Waals surface area contributed by atoms with Gasteiger partial charge in [0.2, 0.25) is 0 Å². The van der Waals surface area contributed by atoms with Crippen molar-refractivity contribution < 1.29 is 0 Å². The number of rotatable bonds is 6. The highest BCUT2D eigenvalue weighted by Gasteiger charge is 2.18. The molecule has 0 amide bonds. The van der Waals surface area contributed by atoms with Gasteiger partial charge in [0.15, 0.2) is 17.5 Å². The second kappa shape index (κ2) is 14.3. The molecule has 0 radical (unpaired) electrons. The van der Waals surface area contributed by atoms with E-state index in [2.05, 4.69) is 217 Å². The predicted molar refractivity (Wildman–Crippen MR) is 254 cm³/mol. The van der Waals surface area contributed by atoms with Crippen LogP contribution in [-0.4, -0.2) is 19.5 Å². The molecule has 0 aliphatic rings. The SMILES string of the molecule is c1ccc(-c2cccc(-c3nc(-c4ccc(-c5c6ccccc6cc6c5ccc5ccccc56)cc4)nc(-c4ccc5c6ccccc6n(-c6ccccc6)c5c4)n3)c2)cc1. The van der Waals surface area contributed by atoms with Gasteiger partial charge in [0.1, 0.15) is 0 Å². The van der Waals surface area contributed by atoms with E-state index in [4.69, 9.17) is 15.0 Å². The summed E-state index contributed by atoms with van der Waals surface area (Å²) in [4.78, 5) is 15.7. The van der Waals surface area contributed by atoms with Crippen LogP contribution in [0.1, 0.15) is 0 Å². The highest BCUT2D eigenvalue weighted by atomic mass is 15.0. The summed E-state index contributed by atoms with van der Waals surface area (Å²) in [7, 11) is 0. The van der Waals surface area contributed by atoms with Gasteiger partial charge in [-0.15, -0.1) is 0 Å². The summed E-state index contributed by atoms with van der Waals surface area (Å²) in [5.41, 5.74) is 10.7. The fourth-order valence-electron chi connectivity index (χ4n) is 9.11. The van der Waals surface area contributed by atoms with Crippen LogP contribution in [-0.2, 0) is 0 Å². The molecular formula is C57H36N4. The Morgan fingerprint density at radius 3 is 1.59 bits per heavy atom. The quantitative estimate of drug-likeness (QED) is 0.125. The molecule has 0 saturated carbocycles. The molecule has 284 valence electrons. The summed E-state index contributed by atoms with van der Waals surface area (Å²) in [6.45, 7) is 0. The van der Waals surface area contributed by atoms with E-state index >= 15 is 0 Å². The molecule has 4 nitrogen and oxygen atoms in total. The van der Waals surface area contributed by atoms with E-state index in [9.17, 15) is 0 Å². The van der Waals surface area contributed by atoms with E-state index in [1.807, 2.05) is 6.07 Å². The van der Waals surface area contributed by atoms with Crippen molar-refractivity contribution in [1.82, 2.24) is 19.5 Å². The number of para-hydroxylation sites is 2. The Kier molecular flexibility index (Phi) is 8.13. The minimum Gasteiger partial charge on any atom is -0.309 e. The van der Waals surface area contributed by atoms with Crippen molar-refractivity contribution in [3.8, 4) is 62.1 Å². The van der Waals surface area contributed by atoms with Crippen LogP contribution >= 0.6 is 0 Å². The summed E-state index contributed by atoms with van der Waals surface area (Å²) >= 11 is 0. The summed E-state index contributed by atoms with van der Waals surface area (Å²) < 4.78 is 2.33. The lowest BCUT2D eigenvalue weighted by atomic mass is 9.89. The van der Waals surface area contributed by atoms with Crippen molar-refractivity contribution in [3.63, 3.8) is 0 Å². The highest BCUT2D eigenvalue weighted by Crippen LogP contribution is 2.40. The van der Waals surface area contributed by atoms with Gasteiger partial charge >= 0.3 is 0 Å². The largest absolute Gasteiger partial charge is 0.309 e. The Balaban J connectivity index is 1.04. The first kappa shape index (κ1) is 34.8. The van der Waals surface area contributed by atoms with Gasteiger partial charge in [0, 0.05) is 33.2 Å². The predicted octanol–water partition coefficient (Wildman–Crippen LogP) is 14.8. The Hall–Kier alpha value is -8.21. The first-order chi connectivity index (χ1) is 30.2. The van der Waals surface area contributed by atoms with Crippen molar-refractivity contribution in [2.45, 2.75) is 0 Å². The summed E-state index contributed by atoms with van der Waals surface area (Å²) in [6.07, 6.45) is 0. The molecule has 0 N–H and O–H groups in total. The molecule has 0 fully saturated rings. The standard InChI is InChI=1S/C57H36N4/c1-3-14-37(15-4-1)41-18-13-19-43(34-41)56-58-55(59-57(60-56)44-31-32-49-48-24-11-12-25-52(48)61(53(49)36-44)45-20-5-2-6-21-45)40-28-26-39(27-29-40)54-47-23-10-8-17-42(47)35-51-46-22-9-7-16-38(46)30-33-50(51)54/h1-36H. The van der Waals surface area contributed by atoms with Crippen LogP contribution in [0.3, 0.4) is 0 Å². The van der Waals surface area contributed by atoms with Crippen LogP contribution < -0.4 is 0 Å². The van der Waals surface area contributed by atoms with Crippen LogP contribution in [0, 0.1) is 0 Å². The maximum absolute atomic E-state index is 5.25. The Morgan fingerprint density at radius 2 is 0.803 bits per heavy atom. The molecule has 0 aliphatic heterocycles. The first-order valence-electron chi connectivity index (χ1n) is 20.7. The second-order valence-electron chi connectivity index (χ2n) is 15.6. The molecule has 12 rings (SSSR count). The van der Waals surface area contributed by atoms with Gasteiger partial charge in [0.05, 0.1) is 11.0 Å². The van der Waals surface area contributed by atoms with Gasteiger partial charge in [-0.3, -0.25) is 0 Å². The van der Waals surface area contributed by atoms with Crippen LogP contribution in [0.2, 0.25) is 0 Å². The van der Waals surface area contributed by atoms with Gasteiger partial charge in [-0.2, -0.15) is 0 Å². The average Bonchev–Trinajstić information content (AvgIpc) is 3.67. The number of nitrogens with zero attached hydrogens (tertiary/aromatic N) is 4. The molecule has 0 unspecified atom stereocenters. The fraction of sp³-hybridized carbons (Fsp3) is 0. The Bertz CT molecular complexity index is 3630. The molecule has 4 heteroatoms. The van der Waals surface area contributed by atoms with Crippen LogP contribution in [0.25, 0.3) is 116 Å². The third-order valence-corrected chi connectivity index (χ3v) is 12.0. The van der Waals surface area contributed by atoms with Crippen molar-refractivity contribution >= 4 is 54.1 Å². The number of hydrogen-bond donors (Lipinski definition) is 0. The third-order valence-electron chi connectivity index (χ3n) is 12.0. The van der Waals surface area contributed by atoms with Gasteiger partial charge in [-0.05, 0) is 91.0 Å². The van der Waals surface area contributed by atoms with Gasteiger partial charge in [0.25, 0.3) is 0 Å². The van der Waals surface area contributed by atoms with E-state index in [1.165, 1.54) is 48.7 Å². The molecule has 0 saturated heterocycles. The first-order valence-corrected chi connectivity index (χ1v) is 20.7. The van der Waals surface area contributed by atoms with Crippen molar-refractivity contribution in [2.24, 2.45) is 0 Å². The zero-order valence-corrected chi connectivity index (χ0v) is 33.1. The molecular weight excluding hydrogens is 741 g/mol. The number of fused-ring (bicyclic) bond motifs is 7. The highest BCUT2D eigenvalue weighted by molar-refractivity contribution is 6.20. The maximum atomic E-state index is 5.25. The Labute approximate surface area is 352 Å². The van der Waals surface area contributed by atoms with Crippen LogP contribution in [0.5, 0.6) is 0 Å². The molecule has 12 aromatic rings. The zero-order valence-electron chi connectivity index (χ0n) is 33.1. The normalized spacial score (nSPS) is 11.6. The van der Waals surface area contributed by atoms with E-state index in [0.717, 1.165) is 50.1 Å². The van der Waals surface area contributed by atoms with Gasteiger partial charge in [-0.1, -0.05) is 182 Å². The maximum Gasteiger partial charge on any atom is 0.164 e. The van der Waals surface area contributed by atoms with Gasteiger partial charge < -0.3 is 4.57 Å². The third kappa shape index (κ3) is 5.96. The summed E-state index contributed by atoms with van der Waals surface area (Å²) in [6, 6.07) is 77.6. The topological polar surface area (TPSA) is 43.6 Å². The Morgan fingerprint density at radius 1 is 0.262 bits per heavy atom. The molecule has 0 atom stereocenters. The van der Waals surface area contributed by atoms with E-state index in [1.54, 1.807) is 0 Å². The minimum atomic E-state index is 0.618. The molecule has 0 bridgehead atoms. The minimum absolute atomic E-state index is 0.618. The monoisotopic (exact) mass is 776 g/mol. The molecule has 10 aromatic carbocycles. The van der Waals surface area contributed by atoms with Crippen molar-refractivity contribution in [3.05, 3.63) is 218 Å². The van der Waals surface area contributed by atoms with Crippen LogP contribution in [0.15, 0.2) is 218 Å². The summed E-state index contributed by atoms with van der Waals surface area (Å²) in [5.74, 6) is 1.86. The smallest absolute Gasteiger partial charge is 0.164 e.